The van der Waals surface area contributed by atoms with E-state index in [4.69, 9.17) is 5.73 Å². The van der Waals surface area contributed by atoms with Crippen LogP contribution in [0.15, 0.2) is 23.1 Å². The Labute approximate surface area is 85.2 Å². The van der Waals surface area contributed by atoms with E-state index in [0.717, 1.165) is 10.5 Å². The first kappa shape index (κ1) is 9.64. The molecule has 4 nitrogen and oxygen atoms in total. The van der Waals surface area contributed by atoms with E-state index in [9.17, 15) is 9.18 Å². The fourth-order valence-electron chi connectivity index (χ4n) is 1.41. The number of nitrogen functional groups attached to an aromatic ring is 1. The molecular weight excluding hydrogens is 197 g/mol. The van der Waals surface area contributed by atoms with Crippen LogP contribution in [0.5, 0.6) is 0 Å². The zero-order valence-corrected chi connectivity index (χ0v) is 8.20. The molecule has 0 saturated heterocycles. The van der Waals surface area contributed by atoms with Gasteiger partial charge in [-0.1, -0.05) is 6.92 Å². The van der Waals surface area contributed by atoms with Crippen LogP contribution in [-0.2, 0) is 6.42 Å². The summed E-state index contributed by atoms with van der Waals surface area (Å²) in [5.41, 5.74) is 5.92. The molecule has 0 unspecified atom stereocenters. The van der Waals surface area contributed by atoms with Crippen LogP contribution >= 0.6 is 0 Å². The van der Waals surface area contributed by atoms with Gasteiger partial charge in [0.1, 0.15) is 0 Å². The number of hydrogen-bond acceptors (Lipinski definition) is 3. The number of rotatable bonds is 1. The standard InChI is InChI=1S/C10H10FN3O/c1-2-7-4-9(15)14-5-6(12)3-8(11)10(14)13-7/h3-5H,2,12H2,1H3. The molecule has 0 spiro atoms. The van der Waals surface area contributed by atoms with Gasteiger partial charge < -0.3 is 5.73 Å². The van der Waals surface area contributed by atoms with Crippen molar-refractivity contribution >= 4 is 11.3 Å². The number of fused-ring (bicyclic) bond motifs is 1. The van der Waals surface area contributed by atoms with E-state index >= 15 is 0 Å². The van der Waals surface area contributed by atoms with Gasteiger partial charge in [-0.15, -0.1) is 0 Å². The topological polar surface area (TPSA) is 60.4 Å². The van der Waals surface area contributed by atoms with Crippen LogP contribution in [-0.4, -0.2) is 9.38 Å². The number of aryl methyl sites for hydroxylation is 1. The fraction of sp³-hybridized carbons (Fsp3) is 0.200. The Bertz CT molecular complexity index is 577. The van der Waals surface area contributed by atoms with Gasteiger partial charge in [-0.05, 0) is 6.42 Å². The van der Waals surface area contributed by atoms with Gasteiger partial charge in [0, 0.05) is 24.0 Å². The smallest absolute Gasteiger partial charge is 0.258 e. The molecule has 15 heavy (non-hydrogen) atoms. The number of nitrogens with two attached hydrogens (primary N) is 1. The van der Waals surface area contributed by atoms with Gasteiger partial charge in [0.25, 0.3) is 5.56 Å². The Morgan fingerprint density at radius 2 is 2.27 bits per heavy atom. The van der Waals surface area contributed by atoms with E-state index in [1.807, 2.05) is 6.92 Å². The van der Waals surface area contributed by atoms with Crippen LogP contribution in [0.1, 0.15) is 12.6 Å². The first-order valence-electron chi connectivity index (χ1n) is 4.59. The molecular formula is C10H10FN3O. The second-order valence-corrected chi connectivity index (χ2v) is 3.25. The van der Waals surface area contributed by atoms with Gasteiger partial charge in [0.2, 0.25) is 0 Å². The molecule has 2 aromatic heterocycles. The summed E-state index contributed by atoms with van der Waals surface area (Å²) >= 11 is 0. The summed E-state index contributed by atoms with van der Waals surface area (Å²) in [4.78, 5) is 15.6. The van der Waals surface area contributed by atoms with Crippen LogP contribution < -0.4 is 11.3 Å². The van der Waals surface area contributed by atoms with E-state index < -0.39 is 5.82 Å². The number of halogens is 1. The van der Waals surface area contributed by atoms with E-state index in [1.165, 1.54) is 12.3 Å². The maximum absolute atomic E-state index is 13.4. The molecule has 78 valence electrons. The molecule has 2 rings (SSSR count). The molecule has 0 aromatic carbocycles. The molecule has 5 heteroatoms. The zero-order chi connectivity index (χ0) is 11.0. The monoisotopic (exact) mass is 207 g/mol. The molecule has 2 N–H and O–H groups in total. The van der Waals surface area contributed by atoms with Gasteiger partial charge in [-0.25, -0.2) is 9.37 Å². The van der Waals surface area contributed by atoms with Crippen LogP contribution in [0.4, 0.5) is 10.1 Å². The van der Waals surface area contributed by atoms with Crippen LogP contribution in [0, 0.1) is 5.82 Å². The van der Waals surface area contributed by atoms with Gasteiger partial charge in [0.05, 0.1) is 5.69 Å². The van der Waals surface area contributed by atoms with Crippen molar-refractivity contribution in [2.75, 3.05) is 5.73 Å². The minimum atomic E-state index is -0.581. The van der Waals surface area contributed by atoms with Crippen LogP contribution in [0.3, 0.4) is 0 Å². The molecule has 0 saturated carbocycles. The first-order valence-corrected chi connectivity index (χ1v) is 4.59. The minimum Gasteiger partial charge on any atom is -0.397 e. The predicted octanol–water partition coefficient (Wildman–Crippen LogP) is 0.978. The average molecular weight is 207 g/mol. The van der Waals surface area contributed by atoms with Crippen molar-refractivity contribution in [3.05, 3.63) is 40.2 Å². The molecule has 0 aliphatic heterocycles. The number of pyridine rings is 1. The maximum atomic E-state index is 13.4. The van der Waals surface area contributed by atoms with Gasteiger partial charge >= 0.3 is 0 Å². The van der Waals surface area contributed by atoms with Crippen molar-refractivity contribution in [2.45, 2.75) is 13.3 Å². The Hall–Kier alpha value is -1.91. The summed E-state index contributed by atoms with van der Waals surface area (Å²) in [6.45, 7) is 1.85. The highest BCUT2D eigenvalue weighted by molar-refractivity contribution is 5.48. The molecule has 0 aliphatic carbocycles. The van der Waals surface area contributed by atoms with Crippen LogP contribution in [0.2, 0.25) is 0 Å². The van der Waals surface area contributed by atoms with Crippen LogP contribution in [0.25, 0.3) is 5.65 Å². The summed E-state index contributed by atoms with van der Waals surface area (Å²) < 4.78 is 14.6. The second-order valence-electron chi connectivity index (χ2n) is 3.25. The maximum Gasteiger partial charge on any atom is 0.258 e. The van der Waals surface area contributed by atoms with E-state index in [2.05, 4.69) is 4.98 Å². The third-order valence-electron chi connectivity index (χ3n) is 2.15. The highest BCUT2D eigenvalue weighted by Gasteiger charge is 2.06. The molecule has 0 fully saturated rings. The number of anilines is 1. The number of nitrogens with zero attached hydrogens (tertiary/aromatic N) is 2. The molecule has 0 atom stereocenters. The second kappa shape index (κ2) is 3.34. The predicted molar refractivity (Wildman–Crippen MR) is 55.2 cm³/mol. The fourth-order valence-corrected chi connectivity index (χ4v) is 1.41. The quantitative estimate of drug-likeness (QED) is 0.758. The Balaban J connectivity index is 2.91. The van der Waals surface area contributed by atoms with Crippen molar-refractivity contribution in [3.63, 3.8) is 0 Å². The average Bonchev–Trinajstić information content (AvgIpc) is 2.19. The van der Waals surface area contributed by atoms with E-state index in [1.54, 1.807) is 0 Å². The molecule has 0 bridgehead atoms. The lowest BCUT2D eigenvalue weighted by Gasteiger charge is -2.04. The lowest BCUT2D eigenvalue weighted by molar-refractivity contribution is 0.626. The third-order valence-corrected chi connectivity index (χ3v) is 2.15. The van der Waals surface area contributed by atoms with Crippen molar-refractivity contribution in [1.82, 2.24) is 9.38 Å². The summed E-state index contributed by atoms with van der Waals surface area (Å²) in [5.74, 6) is -0.581. The lowest BCUT2D eigenvalue weighted by Crippen LogP contribution is -2.17. The van der Waals surface area contributed by atoms with Crippen molar-refractivity contribution in [1.29, 1.82) is 0 Å². The van der Waals surface area contributed by atoms with Crippen molar-refractivity contribution in [2.24, 2.45) is 0 Å². The minimum absolute atomic E-state index is 0.0218. The zero-order valence-electron chi connectivity index (χ0n) is 8.20. The molecule has 0 aliphatic rings. The molecule has 2 aromatic rings. The van der Waals surface area contributed by atoms with Gasteiger partial charge in [-0.3, -0.25) is 9.20 Å². The normalized spacial score (nSPS) is 10.8. The van der Waals surface area contributed by atoms with Crippen molar-refractivity contribution in [3.8, 4) is 0 Å². The molecule has 0 amide bonds. The summed E-state index contributed by atoms with van der Waals surface area (Å²) in [6, 6.07) is 2.53. The highest BCUT2D eigenvalue weighted by Crippen LogP contribution is 2.10. The molecule has 2 heterocycles. The summed E-state index contributed by atoms with van der Waals surface area (Å²) in [7, 11) is 0. The van der Waals surface area contributed by atoms with Crippen molar-refractivity contribution < 1.29 is 4.39 Å². The van der Waals surface area contributed by atoms with E-state index in [-0.39, 0.29) is 16.9 Å². The van der Waals surface area contributed by atoms with Gasteiger partial charge in [0.15, 0.2) is 11.5 Å². The number of hydrogen-bond donors (Lipinski definition) is 1. The summed E-state index contributed by atoms with van der Waals surface area (Å²) in [5, 5.41) is 0. The lowest BCUT2D eigenvalue weighted by atomic mass is 10.3. The Kier molecular flexibility index (Phi) is 2.15. The Morgan fingerprint density at radius 3 is 2.93 bits per heavy atom. The Morgan fingerprint density at radius 1 is 1.53 bits per heavy atom. The highest BCUT2D eigenvalue weighted by atomic mass is 19.1. The third kappa shape index (κ3) is 1.56. The largest absolute Gasteiger partial charge is 0.397 e. The summed E-state index contributed by atoms with van der Waals surface area (Å²) in [6.07, 6.45) is 1.96. The van der Waals surface area contributed by atoms with E-state index in [0.29, 0.717) is 12.1 Å². The van der Waals surface area contributed by atoms with Gasteiger partial charge in [-0.2, -0.15) is 0 Å². The SMILES string of the molecule is CCc1cc(=O)n2cc(N)cc(F)c2n1. The molecule has 0 radical (unpaired) electrons. The first-order chi connectivity index (χ1) is 7.11. The number of aromatic nitrogens is 2.